The van der Waals surface area contributed by atoms with Gasteiger partial charge in [0, 0.05) is 38.6 Å². The summed E-state index contributed by atoms with van der Waals surface area (Å²) in [5.41, 5.74) is 1.03. The van der Waals surface area contributed by atoms with Crippen LogP contribution in [-0.2, 0) is 16.1 Å². The number of ether oxygens (including phenoxy) is 1. The number of carbonyl (C=O) groups excluding carboxylic acids is 1. The number of amides is 1. The Hall–Kier alpha value is -1.46. The molecule has 0 aromatic carbocycles. The first-order valence-electron chi connectivity index (χ1n) is 8.16. The van der Waals surface area contributed by atoms with Crippen LogP contribution in [0.1, 0.15) is 25.8 Å². The lowest BCUT2D eigenvalue weighted by atomic mass is 9.99. The first-order chi connectivity index (χ1) is 10.6. The van der Waals surface area contributed by atoms with Crippen molar-refractivity contribution in [1.82, 2.24) is 15.2 Å². The molecule has 1 N–H and O–H groups in total. The molecule has 0 unspecified atom stereocenters. The fourth-order valence-electron chi connectivity index (χ4n) is 3.50. The molecule has 3 rings (SSSR count). The number of rotatable bonds is 5. The second kappa shape index (κ2) is 6.75. The molecule has 2 aliphatic rings. The molecule has 2 bridgehead atoms. The number of aromatic nitrogens is 1. The highest BCUT2D eigenvalue weighted by atomic mass is 16.5. The molecule has 0 radical (unpaired) electrons. The van der Waals surface area contributed by atoms with E-state index in [0.717, 1.165) is 31.6 Å². The van der Waals surface area contributed by atoms with E-state index in [1.165, 1.54) is 0 Å². The molecule has 5 heteroatoms. The zero-order valence-corrected chi connectivity index (χ0v) is 13.4. The standard InChI is InChI=1S/C17H25N3O2/c1-12(2)9-20-10-14-6-15(16(11-20)22-14)17(21)19-8-13-4-3-5-18-7-13/h3-5,7,12,14-16H,6,8-11H2,1-2H3,(H,19,21)/t14-,15+,16-/m0/s1. The van der Waals surface area contributed by atoms with Gasteiger partial charge in [0.15, 0.2) is 0 Å². The third kappa shape index (κ3) is 3.65. The SMILES string of the molecule is CC(C)CN1C[C@@H]2C[C@@H](C(=O)NCc3cccnc3)[C@H](C1)O2. The Kier molecular flexibility index (Phi) is 4.74. The summed E-state index contributed by atoms with van der Waals surface area (Å²) in [5.74, 6) is 0.747. The largest absolute Gasteiger partial charge is 0.371 e. The molecular weight excluding hydrogens is 278 g/mol. The summed E-state index contributed by atoms with van der Waals surface area (Å²) < 4.78 is 5.98. The summed E-state index contributed by atoms with van der Waals surface area (Å²) >= 11 is 0. The van der Waals surface area contributed by atoms with Gasteiger partial charge in [-0.05, 0) is 24.0 Å². The molecule has 120 valence electrons. The number of nitrogens with zero attached hydrogens (tertiary/aromatic N) is 2. The smallest absolute Gasteiger partial charge is 0.226 e. The van der Waals surface area contributed by atoms with Crippen molar-refractivity contribution < 1.29 is 9.53 Å². The molecule has 3 heterocycles. The van der Waals surface area contributed by atoms with Gasteiger partial charge in [-0.1, -0.05) is 19.9 Å². The Morgan fingerprint density at radius 3 is 3.09 bits per heavy atom. The van der Waals surface area contributed by atoms with Crippen LogP contribution in [0.2, 0.25) is 0 Å². The first-order valence-corrected chi connectivity index (χ1v) is 8.16. The Labute approximate surface area is 132 Å². The second-order valence-corrected chi connectivity index (χ2v) is 6.83. The fraction of sp³-hybridized carbons (Fsp3) is 0.647. The van der Waals surface area contributed by atoms with Gasteiger partial charge in [0.2, 0.25) is 5.91 Å². The third-order valence-corrected chi connectivity index (χ3v) is 4.38. The van der Waals surface area contributed by atoms with Crippen molar-refractivity contribution in [2.75, 3.05) is 19.6 Å². The van der Waals surface area contributed by atoms with E-state index in [9.17, 15) is 4.79 Å². The Balaban J connectivity index is 1.53. The normalized spacial score (nSPS) is 28.0. The van der Waals surface area contributed by atoms with E-state index in [4.69, 9.17) is 4.74 Å². The van der Waals surface area contributed by atoms with Crippen molar-refractivity contribution in [3.8, 4) is 0 Å². The predicted molar refractivity (Wildman–Crippen MR) is 84.1 cm³/mol. The maximum absolute atomic E-state index is 12.5. The zero-order valence-electron chi connectivity index (χ0n) is 13.4. The van der Waals surface area contributed by atoms with Gasteiger partial charge in [0.1, 0.15) is 0 Å². The maximum Gasteiger partial charge on any atom is 0.226 e. The highest BCUT2D eigenvalue weighted by Crippen LogP contribution is 2.32. The molecule has 5 nitrogen and oxygen atoms in total. The van der Waals surface area contributed by atoms with E-state index in [1.54, 1.807) is 12.4 Å². The van der Waals surface area contributed by atoms with Crippen molar-refractivity contribution in [1.29, 1.82) is 0 Å². The summed E-state index contributed by atoms with van der Waals surface area (Å²) in [5, 5.41) is 3.03. The molecule has 2 fully saturated rings. The molecule has 0 saturated carbocycles. The van der Waals surface area contributed by atoms with E-state index in [-0.39, 0.29) is 24.0 Å². The summed E-state index contributed by atoms with van der Waals surface area (Å²) in [7, 11) is 0. The van der Waals surface area contributed by atoms with Gasteiger partial charge >= 0.3 is 0 Å². The lowest BCUT2D eigenvalue weighted by molar-refractivity contribution is -0.128. The van der Waals surface area contributed by atoms with Crippen LogP contribution < -0.4 is 5.32 Å². The first kappa shape index (κ1) is 15.4. The van der Waals surface area contributed by atoms with Crippen LogP contribution in [-0.4, -0.2) is 47.6 Å². The minimum absolute atomic E-state index is 0.0150. The monoisotopic (exact) mass is 303 g/mol. The van der Waals surface area contributed by atoms with Crippen molar-refractivity contribution in [3.63, 3.8) is 0 Å². The molecular formula is C17H25N3O2. The summed E-state index contributed by atoms with van der Waals surface area (Å²) in [6, 6.07) is 3.86. The minimum Gasteiger partial charge on any atom is -0.371 e. The third-order valence-electron chi connectivity index (χ3n) is 4.38. The van der Waals surface area contributed by atoms with Crippen molar-refractivity contribution in [3.05, 3.63) is 30.1 Å². The summed E-state index contributed by atoms with van der Waals surface area (Å²) in [6.45, 7) is 7.92. The minimum atomic E-state index is -0.0150. The number of morpholine rings is 1. The van der Waals surface area contributed by atoms with Crippen LogP contribution in [0.5, 0.6) is 0 Å². The molecule has 1 aromatic heterocycles. The lowest BCUT2D eigenvalue weighted by Crippen LogP contribution is -2.46. The van der Waals surface area contributed by atoms with Gasteiger partial charge in [0.05, 0.1) is 18.1 Å². The highest BCUT2D eigenvalue weighted by molar-refractivity contribution is 5.79. The van der Waals surface area contributed by atoms with Crippen LogP contribution in [0.25, 0.3) is 0 Å². The van der Waals surface area contributed by atoms with Crippen LogP contribution >= 0.6 is 0 Å². The van der Waals surface area contributed by atoms with E-state index < -0.39 is 0 Å². The van der Waals surface area contributed by atoms with Gasteiger partial charge in [-0.15, -0.1) is 0 Å². The molecule has 0 aliphatic carbocycles. The van der Waals surface area contributed by atoms with Crippen LogP contribution in [0, 0.1) is 11.8 Å². The molecule has 22 heavy (non-hydrogen) atoms. The Morgan fingerprint density at radius 1 is 1.50 bits per heavy atom. The highest BCUT2D eigenvalue weighted by Gasteiger charge is 2.44. The zero-order chi connectivity index (χ0) is 15.5. The van der Waals surface area contributed by atoms with Gasteiger partial charge in [-0.2, -0.15) is 0 Å². The maximum atomic E-state index is 12.5. The average molecular weight is 303 g/mol. The number of carbonyl (C=O) groups is 1. The van der Waals surface area contributed by atoms with Gasteiger partial charge in [-0.25, -0.2) is 0 Å². The van der Waals surface area contributed by atoms with E-state index in [0.29, 0.717) is 12.5 Å². The Bertz CT molecular complexity index is 506. The number of nitrogens with one attached hydrogen (secondary N) is 1. The summed E-state index contributed by atoms with van der Waals surface area (Å²) in [6.07, 6.45) is 4.63. The lowest BCUT2D eigenvalue weighted by Gasteiger charge is -2.33. The van der Waals surface area contributed by atoms with Crippen molar-refractivity contribution >= 4 is 5.91 Å². The van der Waals surface area contributed by atoms with Gasteiger partial charge in [0.25, 0.3) is 0 Å². The molecule has 3 atom stereocenters. The van der Waals surface area contributed by atoms with Crippen LogP contribution in [0.3, 0.4) is 0 Å². The number of pyridine rings is 1. The molecule has 1 amide bonds. The van der Waals surface area contributed by atoms with Crippen molar-refractivity contribution in [2.45, 2.75) is 39.0 Å². The molecule has 1 aromatic rings. The number of fused-ring (bicyclic) bond motifs is 2. The van der Waals surface area contributed by atoms with Crippen LogP contribution in [0.15, 0.2) is 24.5 Å². The van der Waals surface area contributed by atoms with E-state index in [1.807, 2.05) is 12.1 Å². The number of hydrogen-bond acceptors (Lipinski definition) is 4. The Morgan fingerprint density at radius 2 is 2.36 bits per heavy atom. The molecule has 2 aliphatic heterocycles. The molecule has 2 saturated heterocycles. The fourth-order valence-corrected chi connectivity index (χ4v) is 3.50. The number of hydrogen-bond donors (Lipinski definition) is 1. The second-order valence-electron chi connectivity index (χ2n) is 6.83. The van der Waals surface area contributed by atoms with E-state index in [2.05, 4.69) is 29.0 Å². The predicted octanol–water partition coefficient (Wildman–Crippen LogP) is 1.44. The topological polar surface area (TPSA) is 54.5 Å². The molecule has 0 spiro atoms. The average Bonchev–Trinajstić information content (AvgIpc) is 2.80. The quantitative estimate of drug-likeness (QED) is 0.894. The van der Waals surface area contributed by atoms with E-state index >= 15 is 0 Å². The van der Waals surface area contributed by atoms with Crippen LogP contribution in [0.4, 0.5) is 0 Å². The van der Waals surface area contributed by atoms with Crippen molar-refractivity contribution in [2.24, 2.45) is 11.8 Å². The summed E-state index contributed by atoms with van der Waals surface area (Å²) in [4.78, 5) is 19.0. The number of likely N-dealkylation sites (tertiary alicyclic amines) is 1. The van der Waals surface area contributed by atoms with Gasteiger partial charge in [-0.3, -0.25) is 14.7 Å². The van der Waals surface area contributed by atoms with Gasteiger partial charge < -0.3 is 10.1 Å².